The Labute approximate surface area is 108 Å². The van der Waals surface area contributed by atoms with E-state index in [9.17, 15) is 4.79 Å². The van der Waals surface area contributed by atoms with Gasteiger partial charge in [-0.1, -0.05) is 6.07 Å². The second-order valence-electron chi connectivity index (χ2n) is 4.93. The van der Waals surface area contributed by atoms with Crippen molar-refractivity contribution in [1.29, 1.82) is 0 Å². The first-order valence-electron chi connectivity index (χ1n) is 6.24. The third-order valence-corrected chi connectivity index (χ3v) is 3.59. The van der Waals surface area contributed by atoms with Gasteiger partial charge in [-0.25, -0.2) is 0 Å². The van der Waals surface area contributed by atoms with Crippen LogP contribution >= 0.6 is 0 Å². The first-order valence-corrected chi connectivity index (χ1v) is 6.24. The summed E-state index contributed by atoms with van der Waals surface area (Å²) in [6.07, 6.45) is 1.94. The van der Waals surface area contributed by atoms with Crippen molar-refractivity contribution in [3.05, 3.63) is 24.3 Å². The summed E-state index contributed by atoms with van der Waals surface area (Å²) >= 11 is 0. The molecule has 18 heavy (non-hydrogen) atoms. The number of nitrogens with one attached hydrogen (secondary N) is 1. The standard InChI is InChI=1S/C14H20N2O2/c1-14(8-5-9-15-14)13(17)16(2)11-6-4-7-12(10-11)18-3/h4,6-7,10,15H,5,8-9H2,1-3H3. The molecule has 1 amide bonds. The molecule has 1 heterocycles. The maximum Gasteiger partial charge on any atom is 0.246 e. The van der Waals surface area contributed by atoms with E-state index in [-0.39, 0.29) is 5.91 Å². The third-order valence-electron chi connectivity index (χ3n) is 3.59. The molecule has 98 valence electrons. The van der Waals surface area contributed by atoms with Crippen LogP contribution in [0.3, 0.4) is 0 Å². The zero-order chi connectivity index (χ0) is 13.2. The van der Waals surface area contributed by atoms with Crippen LogP contribution in [0.4, 0.5) is 5.69 Å². The lowest BCUT2D eigenvalue weighted by molar-refractivity contribution is -0.123. The van der Waals surface area contributed by atoms with Crippen LogP contribution in [-0.4, -0.2) is 32.1 Å². The van der Waals surface area contributed by atoms with E-state index in [2.05, 4.69) is 5.32 Å². The second-order valence-corrected chi connectivity index (χ2v) is 4.93. The smallest absolute Gasteiger partial charge is 0.246 e. The van der Waals surface area contributed by atoms with E-state index in [1.54, 1.807) is 12.0 Å². The molecule has 0 radical (unpaired) electrons. The molecule has 0 aromatic heterocycles. The molecule has 1 aromatic rings. The van der Waals surface area contributed by atoms with Gasteiger partial charge in [0.25, 0.3) is 0 Å². The lowest BCUT2D eigenvalue weighted by atomic mass is 9.98. The summed E-state index contributed by atoms with van der Waals surface area (Å²) in [5.74, 6) is 0.866. The molecule has 4 nitrogen and oxygen atoms in total. The Morgan fingerprint density at radius 3 is 2.89 bits per heavy atom. The number of anilines is 1. The summed E-state index contributed by atoms with van der Waals surface area (Å²) in [6, 6.07) is 7.55. The van der Waals surface area contributed by atoms with E-state index >= 15 is 0 Å². The number of hydrogen-bond donors (Lipinski definition) is 1. The van der Waals surface area contributed by atoms with Gasteiger partial charge in [0.2, 0.25) is 5.91 Å². The fourth-order valence-electron chi connectivity index (χ4n) is 2.38. The summed E-state index contributed by atoms with van der Waals surface area (Å²) in [5.41, 5.74) is 0.423. The molecule has 1 aliphatic rings. The largest absolute Gasteiger partial charge is 0.497 e. The van der Waals surface area contributed by atoms with Gasteiger partial charge in [0.05, 0.1) is 12.6 Å². The number of carbonyl (C=O) groups is 1. The number of amides is 1. The van der Waals surface area contributed by atoms with Crippen LogP contribution in [0.5, 0.6) is 5.75 Å². The molecule has 1 aliphatic heterocycles. The Morgan fingerprint density at radius 2 is 2.28 bits per heavy atom. The maximum atomic E-state index is 12.5. The van der Waals surface area contributed by atoms with Crippen LogP contribution in [0.1, 0.15) is 19.8 Å². The number of ether oxygens (including phenoxy) is 1. The summed E-state index contributed by atoms with van der Waals surface area (Å²) in [5, 5.41) is 3.29. The molecule has 0 bridgehead atoms. The summed E-state index contributed by atoms with van der Waals surface area (Å²) < 4.78 is 5.18. The molecule has 1 saturated heterocycles. The highest BCUT2D eigenvalue weighted by Crippen LogP contribution is 2.26. The Bertz CT molecular complexity index is 439. The van der Waals surface area contributed by atoms with Crippen LogP contribution in [0.2, 0.25) is 0 Å². The van der Waals surface area contributed by atoms with Crippen molar-refractivity contribution in [2.45, 2.75) is 25.3 Å². The number of carbonyl (C=O) groups excluding carboxylic acids is 1. The van der Waals surface area contributed by atoms with Crippen molar-refractivity contribution < 1.29 is 9.53 Å². The lowest BCUT2D eigenvalue weighted by Crippen LogP contribution is -2.51. The SMILES string of the molecule is COc1cccc(N(C)C(=O)C2(C)CCCN2)c1. The summed E-state index contributed by atoms with van der Waals surface area (Å²) in [6.45, 7) is 2.88. The van der Waals surface area contributed by atoms with Crippen molar-refractivity contribution in [3.63, 3.8) is 0 Å². The van der Waals surface area contributed by atoms with E-state index < -0.39 is 5.54 Å². The topological polar surface area (TPSA) is 41.6 Å². The van der Waals surface area contributed by atoms with E-state index in [1.165, 1.54) is 0 Å². The summed E-state index contributed by atoms with van der Waals surface area (Å²) in [4.78, 5) is 14.2. The minimum absolute atomic E-state index is 0.105. The second kappa shape index (κ2) is 4.98. The maximum absolute atomic E-state index is 12.5. The minimum Gasteiger partial charge on any atom is -0.497 e. The first kappa shape index (κ1) is 12.9. The first-order chi connectivity index (χ1) is 8.57. The molecule has 0 saturated carbocycles. The average molecular weight is 248 g/mol. The highest BCUT2D eigenvalue weighted by atomic mass is 16.5. The zero-order valence-electron chi connectivity index (χ0n) is 11.2. The number of benzene rings is 1. The number of hydrogen-bond acceptors (Lipinski definition) is 3. The summed E-state index contributed by atoms with van der Waals surface area (Å²) in [7, 11) is 3.43. The predicted octanol–water partition coefficient (Wildman–Crippen LogP) is 1.80. The molecule has 2 rings (SSSR count). The molecule has 4 heteroatoms. The monoisotopic (exact) mass is 248 g/mol. The quantitative estimate of drug-likeness (QED) is 0.887. The fraction of sp³-hybridized carbons (Fsp3) is 0.500. The predicted molar refractivity (Wildman–Crippen MR) is 72.0 cm³/mol. The molecule has 1 unspecified atom stereocenters. The molecule has 1 fully saturated rings. The molecule has 0 spiro atoms. The number of methoxy groups -OCH3 is 1. The van der Waals surface area contributed by atoms with Gasteiger partial charge < -0.3 is 15.0 Å². The van der Waals surface area contributed by atoms with Crippen LogP contribution in [0, 0.1) is 0 Å². The molecule has 0 aliphatic carbocycles. The number of likely N-dealkylation sites (N-methyl/N-ethyl adjacent to an activating group) is 1. The molecule has 1 N–H and O–H groups in total. The lowest BCUT2D eigenvalue weighted by Gasteiger charge is -2.29. The zero-order valence-corrected chi connectivity index (χ0v) is 11.2. The fourth-order valence-corrected chi connectivity index (χ4v) is 2.38. The van der Waals surface area contributed by atoms with Crippen molar-refractivity contribution >= 4 is 11.6 Å². The van der Waals surface area contributed by atoms with Crippen molar-refractivity contribution in [3.8, 4) is 5.75 Å². The van der Waals surface area contributed by atoms with Gasteiger partial charge in [0.15, 0.2) is 0 Å². The van der Waals surface area contributed by atoms with Crippen molar-refractivity contribution in [2.24, 2.45) is 0 Å². The van der Waals surface area contributed by atoms with Crippen LogP contribution in [0.15, 0.2) is 24.3 Å². The van der Waals surface area contributed by atoms with Gasteiger partial charge in [0.1, 0.15) is 5.75 Å². The normalized spacial score (nSPS) is 22.8. The molecular weight excluding hydrogens is 228 g/mol. The Morgan fingerprint density at radius 1 is 1.50 bits per heavy atom. The Hall–Kier alpha value is -1.55. The van der Waals surface area contributed by atoms with Crippen molar-refractivity contribution in [1.82, 2.24) is 5.32 Å². The highest BCUT2D eigenvalue weighted by molar-refractivity contribution is 5.99. The number of nitrogens with zero attached hydrogens (tertiary/aromatic N) is 1. The van der Waals surface area contributed by atoms with E-state index in [1.807, 2.05) is 38.2 Å². The Kier molecular flexibility index (Phi) is 3.57. The van der Waals surface area contributed by atoms with Crippen LogP contribution < -0.4 is 15.0 Å². The van der Waals surface area contributed by atoms with Gasteiger partial charge in [-0.15, -0.1) is 0 Å². The molecular formula is C14H20N2O2. The van der Waals surface area contributed by atoms with E-state index in [0.29, 0.717) is 0 Å². The van der Waals surface area contributed by atoms with Gasteiger partial charge >= 0.3 is 0 Å². The van der Waals surface area contributed by atoms with Gasteiger partial charge in [0, 0.05) is 18.8 Å². The van der Waals surface area contributed by atoms with Crippen LogP contribution in [0.25, 0.3) is 0 Å². The Balaban J connectivity index is 2.19. The average Bonchev–Trinajstić information content (AvgIpc) is 2.85. The number of rotatable bonds is 3. The minimum atomic E-state index is -0.433. The van der Waals surface area contributed by atoms with Gasteiger partial charge in [-0.3, -0.25) is 4.79 Å². The van der Waals surface area contributed by atoms with Gasteiger partial charge in [-0.05, 0) is 38.4 Å². The van der Waals surface area contributed by atoms with E-state index in [4.69, 9.17) is 4.74 Å². The third kappa shape index (κ3) is 2.34. The van der Waals surface area contributed by atoms with Crippen molar-refractivity contribution in [2.75, 3.05) is 25.6 Å². The van der Waals surface area contributed by atoms with Crippen LogP contribution in [-0.2, 0) is 4.79 Å². The van der Waals surface area contributed by atoms with E-state index in [0.717, 1.165) is 30.8 Å². The molecule has 1 aromatic carbocycles. The molecule has 1 atom stereocenters. The highest BCUT2D eigenvalue weighted by Gasteiger charge is 2.38. The van der Waals surface area contributed by atoms with Gasteiger partial charge in [-0.2, -0.15) is 0 Å².